The molecular formula is C10H20N2O2. The summed E-state index contributed by atoms with van der Waals surface area (Å²) in [6, 6.07) is 0.245. The summed E-state index contributed by atoms with van der Waals surface area (Å²) in [5, 5.41) is 3.60. The predicted octanol–water partition coefficient (Wildman–Crippen LogP) is 1.86. The predicted molar refractivity (Wildman–Crippen MR) is 54.8 cm³/mol. The molecule has 1 rings (SSSR count). The normalized spacial score (nSPS) is 24.1. The minimum atomic E-state index is -0.416. The highest BCUT2D eigenvalue weighted by Gasteiger charge is 2.33. The van der Waals surface area contributed by atoms with Crippen molar-refractivity contribution in [1.82, 2.24) is 10.0 Å². The Kier molecular flexibility index (Phi) is 3.04. The monoisotopic (exact) mass is 200 g/mol. The Morgan fingerprint density at radius 3 is 2.36 bits per heavy atom. The Hall–Kier alpha value is -0.770. The SMILES string of the molecule is CC1CCN(C)N1C(=O)OC(C)(C)C. The standard InChI is InChI=1S/C10H20N2O2/c1-8-6-7-11(5)12(8)9(13)14-10(2,3)4/h8H,6-7H2,1-5H3. The number of carbonyl (C=O) groups excluding carboxylic acids is 1. The zero-order valence-electron chi connectivity index (χ0n) is 9.70. The van der Waals surface area contributed by atoms with E-state index in [1.54, 1.807) is 5.01 Å². The molecule has 0 bridgehead atoms. The van der Waals surface area contributed by atoms with E-state index in [4.69, 9.17) is 4.74 Å². The molecule has 4 nitrogen and oxygen atoms in total. The molecule has 1 heterocycles. The van der Waals surface area contributed by atoms with E-state index >= 15 is 0 Å². The molecule has 0 aromatic carbocycles. The van der Waals surface area contributed by atoms with Gasteiger partial charge < -0.3 is 4.74 Å². The van der Waals surface area contributed by atoms with Gasteiger partial charge >= 0.3 is 6.09 Å². The first kappa shape index (κ1) is 11.3. The van der Waals surface area contributed by atoms with Crippen LogP contribution >= 0.6 is 0 Å². The summed E-state index contributed by atoms with van der Waals surface area (Å²) in [5.41, 5.74) is -0.416. The van der Waals surface area contributed by atoms with Gasteiger partial charge in [-0.15, -0.1) is 0 Å². The first-order valence-corrected chi connectivity index (χ1v) is 5.04. The maximum Gasteiger partial charge on any atom is 0.425 e. The molecular weight excluding hydrogens is 180 g/mol. The highest BCUT2D eigenvalue weighted by atomic mass is 16.6. The Morgan fingerprint density at radius 1 is 1.43 bits per heavy atom. The molecule has 1 atom stereocenters. The molecule has 1 amide bonds. The molecule has 82 valence electrons. The second-order valence-corrected chi connectivity index (χ2v) is 4.84. The van der Waals surface area contributed by atoms with Crippen LogP contribution in [0.5, 0.6) is 0 Å². The van der Waals surface area contributed by atoms with Gasteiger partial charge in [-0.05, 0) is 34.1 Å². The van der Waals surface area contributed by atoms with Gasteiger partial charge in [0.2, 0.25) is 0 Å². The lowest BCUT2D eigenvalue weighted by molar-refractivity contribution is -0.0278. The lowest BCUT2D eigenvalue weighted by atomic mass is 10.2. The van der Waals surface area contributed by atoms with Crippen LogP contribution in [0.4, 0.5) is 4.79 Å². The fourth-order valence-corrected chi connectivity index (χ4v) is 1.57. The third-order valence-corrected chi connectivity index (χ3v) is 2.24. The van der Waals surface area contributed by atoms with Crippen molar-refractivity contribution in [1.29, 1.82) is 0 Å². The largest absolute Gasteiger partial charge is 0.443 e. The summed E-state index contributed by atoms with van der Waals surface area (Å²) in [7, 11) is 1.91. The average Bonchev–Trinajstić information content (AvgIpc) is 2.27. The topological polar surface area (TPSA) is 32.8 Å². The van der Waals surface area contributed by atoms with Crippen molar-refractivity contribution < 1.29 is 9.53 Å². The fourth-order valence-electron chi connectivity index (χ4n) is 1.57. The van der Waals surface area contributed by atoms with Crippen LogP contribution < -0.4 is 0 Å². The summed E-state index contributed by atoms with van der Waals surface area (Å²) in [5.74, 6) is 0. The van der Waals surface area contributed by atoms with Gasteiger partial charge in [0.15, 0.2) is 0 Å². The smallest absolute Gasteiger partial charge is 0.425 e. The molecule has 1 aliphatic rings. The van der Waals surface area contributed by atoms with Gasteiger partial charge in [0, 0.05) is 13.6 Å². The molecule has 1 unspecified atom stereocenters. The number of carbonyl (C=O) groups is 1. The van der Waals surface area contributed by atoms with Crippen molar-refractivity contribution in [2.24, 2.45) is 0 Å². The van der Waals surface area contributed by atoms with Crippen molar-refractivity contribution >= 4 is 6.09 Å². The number of ether oxygens (including phenoxy) is 1. The van der Waals surface area contributed by atoms with Crippen molar-refractivity contribution in [3.05, 3.63) is 0 Å². The van der Waals surface area contributed by atoms with Crippen LogP contribution in [0.15, 0.2) is 0 Å². The summed E-state index contributed by atoms with van der Waals surface area (Å²) >= 11 is 0. The van der Waals surface area contributed by atoms with Crippen LogP contribution in [0.1, 0.15) is 34.1 Å². The van der Waals surface area contributed by atoms with Crippen molar-refractivity contribution in [3.63, 3.8) is 0 Å². The molecule has 4 heteroatoms. The molecule has 14 heavy (non-hydrogen) atoms. The third-order valence-electron chi connectivity index (χ3n) is 2.24. The Labute approximate surface area is 85.8 Å². The first-order valence-electron chi connectivity index (χ1n) is 5.04. The van der Waals surface area contributed by atoms with E-state index in [0.717, 1.165) is 13.0 Å². The summed E-state index contributed by atoms with van der Waals surface area (Å²) in [4.78, 5) is 11.7. The number of hydrogen-bond acceptors (Lipinski definition) is 3. The van der Waals surface area contributed by atoms with E-state index in [1.165, 1.54) is 0 Å². The van der Waals surface area contributed by atoms with Crippen molar-refractivity contribution in [2.45, 2.75) is 45.8 Å². The molecule has 1 fully saturated rings. The molecule has 0 radical (unpaired) electrons. The van der Waals surface area contributed by atoms with Gasteiger partial charge in [0.1, 0.15) is 5.60 Å². The number of hydrogen-bond donors (Lipinski definition) is 0. The maximum absolute atomic E-state index is 11.7. The van der Waals surface area contributed by atoms with Gasteiger partial charge in [-0.1, -0.05) is 0 Å². The zero-order chi connectivity index (χ0) is 10.9. The van der Waals surface area contributed by atoms with Crippen LogP contribution in [-0.4, -0.2) is 41.3 Å². The van der Waals surface area contributed by atoms with Crippen LogP contribution in [0, 0.1) is 0 Å². The highest BCUT2D eigenvalue weighted by Crippen LogP contribution is 2.19. The number of rotatable bonds is 0. The molecule has 1 aliphatic heterocycles. The number of amides is 1. The maximum atomic E-state index is 11.7. The first-order chi connectivity index (χ1) is 6.31. The molecule has 0 aromatic rings. The Morgan fingerprint density at radius 2 is 2.00 bits per heavy atom. The van der Waals surface area contributed by atoms with Gasteiger partial charge in [0.05, 0.1) is 6.04 Å². The van der Waals surface area contributed by atoms with E-state index in [2.05, 4.69) is 0 Å². The van der Waals surface area contributed by atoms with Crippen LogP contribution in [0.25, 0.3) is 0 Å². The minimum absolute atomic E-state index is 0.245. The van der Waals surface area contributed by atoms with Crippen LogP contribution in [0.2, 0.25) is 0 Å². The third kappa shape index (κ3) is 2.61. The average molecular weight is 200 g/mol. The second-order valence-electron chi connectivity index (χ2n) is 4.84. The molecule has 0 aromatic heterocycles. The fraction of sp³-hybridized carbons (Fsp3) is 0.900. The Bertz CT molecular complexity index is 213. The van der Waals surface area contributed by atoms with Gasteiger partial charge in [-0.25, -0.2) is 14.8 Å². The quantitative estimate of drug-likeness (QED) is 0.598. The molecule has 0 N–H and O–H groups in total. The molecule has 0 spiro atoms. The number of nitrogens with zero attached hydrogens (tertiary/aromatic N) is 2. The van der Waals surface area contributed by atoms with E-state index in [0.29, 0.717) is 0 Å². The highest BCUT2D eigenvalue weighted by molar-refractivity contribution is 5.68. The van der Waals surface area contributed by atoms with Gasteiger partial charge in [0.25, 0.3) is 0 Å². The molecule has 0 aliphatic carbocycles. The number of hydrazine groups is 1. The van der Waals surface area contributed by atoms with E-state index < -0.39 is 5.60 Å². The van der Waals surface area contributed by atoms with Crippen molar-refractivity contribution in [2.75, 3.05) is 13.6 Å². The van der Waals surface area contributed by atoms with E-state index in [-0.39, 0.29) is 12.1 Å². The Balaban J connectivity index is 2.60. The van der Waals surface area contributed by atoms with Gasteiger partial charge in [-0.2, -0.15) is 0 Å². The second kappa shape index (κ2) is 3.77. The van der Waals surface area contributed by atoms with Crippen molar-refractivity contribution in [3.8, 4) is 0 Å². The molecule has 0 saturated carbocycles. The summed E-state index contributed by atoms with van der Waals surface area (Å²) in [6.07, 6.45) is 0.764. The van der Waals surface area contributed by atoms with E-state index in [9.17, 15) is 4.79 Å². The lowest BCUT2D eigenvalue weighted by Crippen LogP contribution is -2.45. The minimum Gasteiger partial charge on any atom is -0.443 e. The lowest BCUT2D eigenvalue weighted by Gasteiger charge is -2.30. The van der Waals surface area contributed by atoms with E-state index in [1.807, 2.05) is 39.8 Å². The van der Waals surface area contributed by atoms with Crippen LogP contribution in [0.3, 0.4) is 0 Å². The molecule has 1 saturated heterocycles. The summed E-state index contributed by atoms with van der Waals surface area (Å²) < 4.78 is 5.31. The van der Waals surface area contributed by atoms with Gasteiger partial charge in [-0.3, -0.25) is 0 Å². The van der Waals surface area contributed by atoms with Crippen LogP contribution in [-0.2, 0) is 4.74 Å². The summed E-state index contributed by atoms with van der Waals surface area (Å²) in [6.45, 7) is 8.59. The zero-order valence-corrected chi connectivity index (χ0v) is 9.70.